The van der Waals surface area contributed by atoms with Gasteiger partial charge in [-0.25, -0.2) is 0 Å². The van der Waals surface area contributed by atoms with Crippen LogP contribution in [0.15, 0.2) is 18.5 Å². The fourth-order valence-corrected chi connectivity index (χ4v) is 0.957. The van der Waals surface area contributed by atoms with E-state index in [9.17, 15) is 4.79 Å². The number of rotatable bonds is 3. The monoisotopic (exact) mass is 190 g/mol. The summed E-state index contributed by atoms with van der Waals surface area (Å²) in [5, 5.41) is 15.5. The van der Waals surface area contributed by atoms with Crippen molar-refractivity contribution >= 4 is 5.91 Å². The van der Waals surface area contributed by atoms with Crippen LogP contribution in [-0.2, 0) is 0 Å². The van der Waals surface area contributed by atoms with Crippen molar-refractivity contribution in [2.75, 3.05) is 13.6 Å². The van der Waals surface area contributed by atoms with Gasteiger partial charge in [-0.3, -0.25) is 4.79 Å². The summed E-state index contributed by atoms with van der Waals surface area (Å²) in [6.07, 6.45) is 3.21. The van der Waals surface area contributed by atoms with Crippen LogP contribution in [0.3, 0.4) is 0 Å². The van der Waals surface area contributed by atoms with Crippen LogP contribution >= 0.6 is 0 Å². The molecule has 1 rings (SSSR count). The summed E-state index contributed by atoms with van der Waals surface area (Å²) in [6.45, 7) is 0.428. The number of carbonyl (C=O) groups excluding carboxylic acids is 1. The lowest BCUT2D eigenvalue weighted by molar-refractivity contribution is 0.0797. The lowest BCUT2D eigenvalue weighted by Gasteiger charge is -2.14. The van der Waals surface area contributed by atoms with Crippen molar-refractivity contribution in [3.63, 3.8) is 0 Å². The van der Waals surface area contributed by atoms with Gasteiger partial charge < -0.3 is 4.90 Å². The van der Waals surface area contributed by atoms with Crippen molar-refractivity contribution in [1.29, 1.82) is 5.26 Å². The highest BCUT2D eigenvalue weighted by atomic mass is 16.2. The molecule has 0 saturated heterocycles. The summed E-state index contributed by atoms with van der Waals surface area (Å²) in [4.78, 5) is 13.1. The minimum atomic E-state index is -0.143. The molecule has 0 aromatic carbocycles. The van der Waals surface area contributed by atoms with Crippen LogP contribution in [0.4, 0.5) is 0 Å². The fourth-order valence-electron chi connectivity index (χ4n) is 0.957. The highest BCUT2D eigenvalue weighted by Crippen LogP contribution is 2.00. The zero-order chi connectivity index (χ0) is 10.4. The second kappa shape index (κ2) is 4.92. The minimum Gasteiger partial charge on any atom is -0.341 e. The largest absolute Gasteiger partial charge is 0.341 e. The van der Waals surface area contributed by atoms with Crippen LogP contribution in [0.1, 0.15) is 16.8 Å². The summed E-state index contributed by atoms with van der Waals surface area (Å²) in [5.74, 6) is -0.143. The summed E-state index contributed by atoms with van der Waals surface area (Å²) in [5.41, 5.74) is 0.487. The summed E-state index contributed by atoms with van der Waals surface area (Å²) in [7, 11) is 1.65. The normalized spacial score (nSPS) is 9.14. The first-order valence-corrected chi connectivity index (χ1v) is 4.15. The Morgan fingerprint density at radius 3 is 3.00 bits per heavy atom. The van der Waals surface area contributed by atoms with E-state index in [0.717, 1.165) is 0 Å². The highest BCUT2D eigenvalue weighted by molar-refractivity contribution is 5.93. The zero-order valence-electron chi connectivity index (χ0n) is 7.84. The zero-order valence-corrected chi connectivity index (χ0v) is 7.84. The van der Waals surface area contributed by atoms with Crippen LogP contribution in [-0.4, -0.2) is 34.6 Å². The van der Waals surface area contributed by atoms with Gasteiger partial charge >= 0.3 is 0 Å². The molecule has 1 amide bonds. The molecule has 5 heteroatoms. The molecule has 0 unspecified atom stereocenters. The number of hydrogen-bond acceptors (Lipinski definition) is 4. The number of hydrogen-bond donors (Lipinski definition) is 0. The van der Waals surface area contributed by atoms with Gasteiger partial charge in [0.15, 0.2) is 0 Å². The maximum absolute atomic E-state index is 11.6. The second-order valence-corrected chi connectivity index (χ2v) is 2.77. The molecule has 0 atom stereocenters. The third-order valence-electron chi connectivity index (χ3n) is 1.74. The van der Waals surface area contributed by atoms with Crippen LogP contribution in [0, 0.1) is 11.3 Å². The maximum atomic E-state index is 11.6. The Hall–Kier alpha value is -1.96. The van der Waals surface area contributed by atoms with E-state index in [-0.39, 0.29) is 5.91 Å². The van der Waals surface area contributed by atoms with Crippen molar-refractivity contribution in [2.24, 2.45) is 0 Å². The third-order valence-corrected chi connectivity index (χ3v) is 1.74. The van der Waals surface area contributed by atoms with E-state index >= 15 is 0 Å². The lowest BCUT2D eigenvalue weighted by Crippen LogP contribution is -2.27. The number of carbonyl (C=O) groups is 1. The SMILES string of the molecule is CN(CCC#N)C(=O)c1ccnnc1. The Morgan fingerprint density at radius 1 is 1.64 bits per heavy atom. The number of amides is 1. The molecule has 0 aliphatic carbocycles. The van der Waals surface area contributed by atoms with Crippen molar-refractivity contribution in [2.45, 2.75) is 6.42 Å². The predicted octanol–water partition coefficient (Wildman–Crippen LogP) is 0.462. The molecule has 0 spiro atoms. The van der Waals surface area contributed by atoms with Crippen LogP contribution in [0.5, 0.6) is 0 Å². The first-order valence-electron chi connectivity index (χ1n) is 4.15. The molecular formula is C9H10N4O. The Morgan fingerprint density at radius 2 is 2.43 bits per heavy atom. The molecular weight excluding hydrogens is 180 g/mol. The Kier molecular flexibility index (Phi) is 3.56. The van der Waals surface area contributed by atoms with Crippen molar-refractivity contribution in [3.8, 4) is 6.07 Å². The van der Waals surface area contributed by atoms with Gasteiger partial charge in [-0.05, 0) is 6.07 Å². The highest BCUT2D eigenvalue weighted by Gasteiger charge is 2.10. The quantitative estimate of drug-likeness (QED) is 0.694. The summed E-state index contributed by atoms with van der Waals surface area (Å²) < 4.78 is 0. The van der Waals surface area contributed by atoms with Gasteiger partial charge in [0.1, 0.15) is 0 Å². The minimum absolute atomic E-state index is 0.143. The van der Waals surface area contributed by atoms with E-state index in [0.29, 0.717) is 18.5 Å². The number of aromatic nitrogens is 2. The van der Waals surface area contributed by atoms with Gasteiger partial charge in [-0.15, -0.1) is 0 Å². The number of nitriles is 1. The molecule has 0 saturated carbocycles. The van der Waals surface area contributed by atoms with E-state index in [1.165, 1.54) is 17.3 Å². The lowest BCUT2D eigenvalue weighted by atomic mass is 10.2. The molecule has 0 N–H and O–H groups in total. The topological polar surface area (TPSA) is 69.9 Å². The first kappa shape index (κ1) is 10.1. The van der Waals surface area contributed by atoms with Crippen LogP contribution in [0.2, 0.25) is 0 Å². The molecule has 0 aliphatic heterocycles. The molecule has 72 valence electrons. The summed E-state index contributed by atoms with van der Waals surface area (Å²) in [6, 6.07) is 3.58. The molecule has 1 aromatic heterocycles. The molecule has 0 aliphatic rings. The van der Waals surface area contributed by atoms with Gasteiger partial charge in [0.25, 0.3) is 5.91 Å². The van der Waals surface area contributed by atoms with Crippen molar-refractivity contribution in [3.05, 3.63) is 24.0 Å². The second-order valence-electron chi connectivity index (χ2n) is 2.77. The smallest absolute Gasteiger partial charge is 0.255 e. The van der Waals surface area contributed by atoms with Crippen molar-refractivity contribution in [1.82, 2.24) is 15.1 Å². The standard InChI is InChI=1S/C9H10N4O/c1-13(6-2-4-10)9(14)8-3-5-11-12-7-8/h3,5,7H,2,6H2,1H3. The van der Waals surface area contributed by atoms with E-state index in [4.69, 9.17) is 5.26 Å². The van der Waals surface area contributed by atoms with Crippen LogP contribution in [0.25, 0.3) is 0 Å². The van der Waals surface area contributed by atoms with Crippen LogP contribution < -0.4 is 0 Å². The molecule has 0 fully saturated rings. The van der Waals surface area contributed by atoms with Gasteiger partial charge in [0, 0.05) is 13.6 Å². The van der Waals surface area contributed by atoms with E-state index in [2.05, 4.69) is 10.2 Å². The Bertz CT molecular complexity index is 344. The Labute approximate surface area is 82.0 Å². The average Bonchev–Trinajstić information content (AvgIpc) is 2.26. The number of nitrogens with zero attached hydrogens (tertiary/aromatic N) is 4. The van der Waals surface area contributed by atoms with Crippen molar-refractivity contribution < 1.29 is 4.79 Å². The average molecular weight is 190 g/mol. The van der Waals surface area contributed by atoms with Gasteiger partial charge in [-0.1, -0.05) is 0 Å². The van der Waals surface area contributed by atoms with E-state index in [1.807, 2.05) is 6.07 Å². The molecule has 1 heterocycles. The molecule has 0 radical (unpaired) electrons. The predicted molar refractivity (Wildman–Crippen MR) is 49.2 cm³/mol. The molecule has 0 bridgehead atoms. The maximum Gasteiger partial charge on any atom is 0.255 e. The molecule has 5 nitrogen and oxygen atoms in total. The fraction of sp³-hybridized carbons (Fsp3) is 0.333. The van der Waals surface area contributed by atoms with Gasteiger partial charge in [0.2, 0.25) is 0 Å². The van der Waals surface area contributed by atoms with E-state index < -0.39 is 0 Å². The Balaban J connectivity index is 2.63. The molecule has 14 heavy (non-hydrogen) atoms. The summed E-state index contributed by atoms with van der Waals surface area (Å²) >= 11 is 0. The van der Waals surface area contributed by atoms with Gasteiger partial charge in [0.05, 0.1) is 30.4 Å². The molecule has 1 aromatic rings. The van der Waals surface area contributed by atoms with Gasteiger partial charge in [-0.2, -0.15) is 15.5 Å². The van der Waals surface area contributed by atoms with E-state index in [1.54, 1.807) is 13.1 Å². The third kappa shape index (κ3) is 2.52. The first-order chi connectivity index (χ1) is 6.75.